The minimum Gasteiger partial charge on any atom is -0.283 e. The second kappa shape index (κ2) is 6.91. The van der Waals surface area contributed by atoms with Crippen LogP contribution in [0.1, 0.15) is 44.2 Å². The summed E-state index contributed by atoms with van der Waals surface area (Å²) in [4.78, 5) is 8.19. The molecule has 0 saturated carbocycles. The first kappa shape index (κ1) is 15.1. The minimum absolute atomic E-state index is 0.0743. The monoisotopic (exact) mass is 274 g/mol. The Hall–Kier alpha value is -1.32. The zero-order valence-electron chi connectivity index (χ0n) is 13.1. The molecule has 20 heavy (non-hydrogen) atoms. The third kappa shape index (κ3) is 3.62. The van der Waals surface area contributed by atoms with Crippen LogP contribution in [0, 0.1) is 0 Å². The Labute approximate surface area is 122 Å². The topological polar surface area (TPSA) is 15.7 Å². The second-order valence-electron chi connectivity index (χ2n) is 5.64. The van der Waals surface area contributed by atoms with Crippen molar-refractivity contribution < 1.29 is 4.84 Å². The summed E-state index contributed by atoms with van der Waals surface area (Å²) in [5.74, 6) is 0. The first-order valence-corrected chi connectivity index (χ1v) is 7.51. The lowest BCUT2D eigenvalue weighted by molar-refractivity contribution is -0.213. The molecule has 0 aromatic heterocycles. The van der Waals surface area contributed by atoms with Gasteiger partial charge in [-0.25, -0.2) is 0 Å². The van der Waals surface area contributed by atoms with E-state index in [4.69, 9.17) is 4.84 Å². The van der Waals surface area contributed by atoms with Crippen molar-refractivity contribution >= 4 is 6.08 Å². The molecule has 0 radical (unpaired) electrons. The molecule has 0 spiro atoms. The normalized spacial score (nSPS) is 16.1. The summed E-state index contributed by atoms with van der Waals surface area (Å²) in [6.45, 7) is 5.15. The van der Waals surface area contributed by atoms with E-state index in [0.717, 1.165) is 13.0 Å². The molecule has 1 aliphatic rings. The number of rotatable bonds is 6. The number of unbranched alkanes of at least 4 members (excludes halogenated alkanes) is 1. The molecule has 0 bridgehead atoms. The molecule has 3 heteroatoms. The number of hydroxylamine groups is 2. The molecule has 1 aromatic rings. The molecule has 1 aliphatic heterocycles. The number of nitrogens with zero attached hydrogens (tertiary/aromatic N) is 2. The molecule has 110 valence electrons. The molecule has 3 nitrogen and oxygen atoms in total. The molecule has 0 N–H and O–H groups in total. The maximum absolute atomic E-state index is 6.11. The fourth-order valence-corrected chi connectivity index (χ4v) is 2.26. The lowest BCUT2D eigenvalue weighted by atomic mass is 10.0. The lowest BCUT2D eigenvalue weighted by Gasteiger charge is -2.34. The summed E-state index contributed by atoms with van der Waals surface area (Å²) < 4.78 is 0. The standard InChI is InChI=1S/C17H26N2O/c1-5-6-11-17-12-15-9-7-8-10-16(15)13-19(17)20-14(2)18(3)4/h7-10,12,14H,5-6,11,13H2,1-4H3. The summed E-state index contributed by atoms with van der Waals surface area (Å²) in [6, 6.07) is 8.57. The highest BCUT2D eigenvalue weighted by Gasteiger charge is 2.20. The third-order valence-electron chi connectivity index (χ3n) is 3.80. The van der Waals surface area contributed by atoms with E-state index in [1.165, 1.54) is 29.7 Å². The first-order valence-electron chi connectivity index (χ1n) is 7.51. The maximum Gasteiger partial charge on any atom is 0.135 e. The van der Waals surface area contributed by atoms with Gasteiger partial charge in [-0.15, -0.1) is 0 Å². The SMILES string of the molecule is CCCCC1=Cc2ccccc2CN1OC(C)N(C)C. The van der Waals surface area contributed by atoms with Crippen LogP contribution in [0.3, 0.4) is 0 Å². The lowest BCUT2D eigenvalue weighted by Crippen LogP contribution is -2.36. The molecular formula is C17H26N2O. The van der Waals surface area contributed by atoms with Crippen LogP contribution in [-0.2, 0) is 11.4 Å². The average molecular weight is 274 g/mol. The van der Waals surface area contributed by atoms with Crippen LogP contribution < -0.4 is 0 Å². The highest BCUT2D eigenvalue weighted by molar-refractivity contribution is 5.58. The molecule has 2 rings (SSSR count). The Kier molecular flexibility index (Phi) is 5.21. The van der Waals surface area contributed by atoms with E-state index in [-0.39, 0.29) is 6.23 Å². The largest absolute Gasteiger partial charge is 0.283 e. The van der Waals surface area contributed by atoms with Gasteiger partial charge in [-0.2, -0.15) is 0 Å². The van der Waals surface area contributed by atoms with Gasteiger partial charge < -0.3 is 0 Å². The summed E-state index contributed by atoms with van der Waals surface area (Å²) in [7, 11) is 4.08. The Morgan fingerprint density at radius 3 is 2.75 bits per heavy atom. The smallest absolute Gasteiger partial charge is 0.135 e. The minimum atomic E-state index is 0.0743. The summed E-state index contributed by atoms with van der Waals surface area (Å²) in [6.07, 6.45) is 5.83. The Morgan fingerprint density at radius 1 is 1.30 bits per heavy atom. The van der Waals surface area contributed by atoms with Crippen LogP contribution in [-0.4, -0.2) is 30.3 Å². The van der Waals surface area contributed by atoms with Gasteiger partial charge in [0.25, 0.3) is 0 Å². The first-order chi connectivity index (χ1) is 9.61. The van der Waals surface area contributed by atoms with E-state index in [1.54, 1.807) is 0 Å². The number of hydrogen-bond acceptors (Lipinski definition) is 3. The van der Waals surface area contributed by atoms with Crippen LogP contribution in [0.4, 0.5) is 0 Å². The quantitative estimate of drug-likeness (QED) is 0.732. The summed E-state index contributed by atoms with van der Waals surface area (Å²) in [5, 5.41) is 2.07. The van der Waals surface area contributed by atoms with Crippen LogP contribution in [0.2, 0.25) is 0 Å². The molecule has 1 atom stereocenters. The molecule has 1 aromatic carbocycles. The molecule has 0 saturated heterocycles. The van der Waals surface area contributed by atoms with Crippen molar-refractivity contribution in [3.05, 3.63) is 41.1 Å². The number of fused-ring (bicyclic) bond motifs is 1. The zero-order chi connectivity index (χ0) is 14.5. The van der Waals surface area contributed by atoms with Gasteiger partial charge in [0.1, 0.15) is 6.23 Å². The van der Waals surface area contributed by atoms with Gasteiger partial charge in [0.2, 0.25) is 0 Å². The van der Waals surface area contributed by atoms with Gasteiger partial charge in [0, 0.05) is 5.70 Å². The van der Waals surface area contributed by atoms with E-state index >= 15 is 0 Å². The molecule has 0 fully saturated rings. The van der Waals surface area contributed by atoms with Crippen LogP contribution in [0.15, 0.2) is 30.0 Å². The van der Waals surface area contributed by atoms with Crippen molar-refractivity contribution in [1.29, 1.82) is 0 Å². The molecule has 1 unspecified atom stereocenters. The van der Waals surface area contributed by atoms with Gasteiger partial charge in [-0.05, 0) is 51.1 Å². The highest BCUT2D eigenvalue weighted by Crippen LogP contribution is 2.28. The van der Waals surface area contributed by atoms with Crippen LogP contribution in [0.25, 0.3) is 6.08 Å². The van der Waals surface area contributed by atoms with Gasteiger partial charge >= 0.3 is 0 Å². The fourth-order valence-electron chi connectivity index (χ4n) is 2.26. The van der Waals surface area contributed by atoms with Crippen molar-refractivity contribution in [2.45, 2.75) is 45.9 Å². The third-order valence-corrected chi connectivity index (χ3v) is 3.80. The van der Waals surface area contributed by atoms with Gasteiger partial charge in [-0.1, -0.05) is 37.6 Å². The highest BCUT2D eigenvalue weighted by atomic mass is 16.7. The van der Waals surface area contributed by atoms with Crippen molar-refractivity contribution in [1.82, 2.24) is 9.96 Å². The number of benzene rings is 1. The van der Waals surface area contributed by atoms with Crippen LogP contribution >= 0.6 is 0 Å². The van der Waals surface area contributed by atoms with Crippen molar-refractivity contribution in [2.24, 2.45) is 0 Å². The fraction of sp³-hybridized carbons (Fsp3) is 0.529. The number of allylic oxidation sites excluding steroid dienone is 1. The van der Waals surface area contributed by atoms with Crippen molar-refractivity contribution in [2.75, 3.05) is 14.1 Å². The molecule has 1 heterocycles. The average Bonchev–Trinajstić information content (AvgIpc) is 2.44. The Balaban J connectivity index is 2.18. The van der Waals surface area contributed by atoms with Gasteiger partial charge in [0.05, 0.1) is 6.54 Å². The second-order valence-corrected chi connectivity index (χ2v) is 5.64. The van der Waals surface area contributed by atoms with Crippen molar-refractivity contribution in [3.63, 3.8) is 0 Å². The summed E-state index contributed by atoms with van der Waals surface area (Å²) >= 11 is 0. The van der Waals surface area contributed by atoms with E-state index in [9.17, 15) is 0 Å². The predicted molar refractivity (Wildman–Crippen MR) is 83.7 cm³/mol. The van der Waals surface area contributed by atoms with Crippen LogP contribution in [0.5, 0.6) is 0 Å². The van der Waals surface area contributed by atoms with E-state index in [1.807, 2.05) is 14.1 Å². The van der Waals surface area contributed by atoms with E-state index in [0.29, 0.717) is 0 Å². The summed E-state index contributed by atoms with van der Waals surface area (Å²) in [5.41, 5.74) is 3.95. The van der Waals surface area contributed by atoms with E-state index in [2.05, 4.69) is 54.2 Å². The van der Waals surface area contributed by atoms with Gasteiger partial charge in [-0.3, -0.25) is 14.8 Å². The van der Waals surface area contributed by atoms with Crippen molar-refractivity contribution in [3.8, 4) is 0 Å². The Bertz CT molecular complexity index is 468. The van der Waals surface area contributed by atoms with E-state index < -0.39 is 0 Å². The predicted octanol–water partition coefficient (Wildman–Crippen LogP) is 3.87. The number of hydrogen-bond donors (Lipinski definition) is 0. The molecular weight excluding hydrogens is 248 g/mol. The molecule has 0 aliphatic carbocycles. The Morgan fingerprint density at radius 2 is 2.05 bits per heavy atom. The zero-order valence-corrected chi connectivity index (χ0v) is 13.1. The molecule has 0 amide bonds. The van der Waals surface area contributed by atoms with Gasteiger partial charge in [0.15, 0.2) is 0 Å². The maximum atomic E-state index is 6.11.